The molecule has 0 fully saturated rings. The Kier molecular flexibility index (Phi) is 7.22. The molecule has 0 saturated heterocycles. The van der Waals surface area contributed by atoms with Gasteiger partial charge in [-0.2, -0.15) is 9.78 Å². The molecule has 1 aromatic heterocycles. The van der Waals surface area contributed by atoms with Gasteiger partial charge in [0.15, 0.2) is 0 Å². The zero-order valence-corrected chi connectivity index (χ0v) is 19.5. The number of aromatic nitrogens is 2. The number of carbonyl (C=O) groups excluding carboxylic acids is 2. The highest BCUT2D eigenvalue weighted by molar-refractivity contribution is 6.30. The van der Waals surface area contributed by atoms with Crippen molar-refractivity contribution in [1.29, 1.82) is 0 Å². The molecular weight excluding hydrogens is 437 g/mol. The molecule has 1 aromatic carbocycles. The summed E-state index contributed by atoms with van der Waals surface area (Å²) in [4.78, 5) is 27.9. The van der Waals surface area contributed by atoms with E-state index >= 15 is 0 Å². The van der Waals surface area contributed by atoms with E-state index in [1.165, 1.54) is 22.9 Å². The van der Waals surface area contributed by atoms with Gasteiger partial charge in [-0.25, -0.2) is 9.18 Å². The third kappa shape index (κ3) is 5.11. The first-order valence-electron chi connectivity index (χ1n) is 10.5. The van der Waals surface area contributed by atoms with Crippen LogP contribution in [-0.2, 0) is 17.8 Å². The monoisotopic (exact) mass is 465 g/mol. The van der Waals surface area contributed by atoms with Gasteiger partial charge in [0, 0.05) is 35.8 Å². The van der Waals surface area contributed by atoms with E-state index in [0.717, 1.165) is 12.1 Å². The lowest BCUT2D eigenvalue weighted by Crippen LogP contribution is -2.55. The molecule has 3 N–H and O–H groups in total. The van der Waals surface area contributed by atoms with Crippen LogP contribution in [0.25, 0.3) is 11.3 Å². The fourth-order valence-corrected chi connectivity index (χ4v) is 3.92. The van der Waals surface area contributed by atoms with Gasteiger partial charge >= 0.3 is 6.03 Å². The largest absolute Gasteiger partial charge is 0.395 e. The Bertz CT molecular complexity index is 1020. The molecule has 0 saturated carbocycles. The molecule has 1 aliphatic rings. The number of amides is 2. The van der Waals surface area contributed by atoms with E-state index in [1.807, 2.05) is 32.7 Å². The first kappa shape index (κ1) is 24.2. The summed E-state index contributed by atoms with van der Waals surface area (Å²) in [6.45, 7) is 6.56. The Hall–Kier alpha value is -2.49. The smallest absolute Gasteiger partial charge is 0.343 e. The quantitative estimate of drug-likeness (QED) is 0.629. The fourth-order valence-electron chi connectivity index (χ4n) is 3.75. The van der Waals surface area contributed by atoms with Gasteiger partial charge in [0.2, 0.25) is 5.91 Å². The molecule has 0 spiro atoms. The van der Waals surface area contributed by atoms with Crippen LogP contribution in [0, 0.1) is 11.2 Å². The maximum atomic E-state index is 14.6. The number of rotatable bonds is 5. The zero-order valence-electron chi connectivity index (χ0n) is 18.7. The van der Waals surface area contributed by atoms with Crippen molar-refractivity contribution in [3.8, 4) is 11.3 Å². The summed E-state index contributed by atoms with van der Waals surface area (Å²) < 4.78 is 15.8. The standard InChI is InChI=1S/C22H29ClFN5O3/c1-22(2,3)19(20(31)25-8-10-30)26-21(32)29-17-12-28(4)9-7-14(17)18(27-29)15-11-13(23)5-6-16(15)24/h5-6,11,19,30H,7-10,12H2,1-4H3,(H,25,31)(H,26,32). The van der Waals surface area contributed by atoms with Crippen molar-refractivity contribution in [2.75, 3.05) is 26.7 Å². The number of nitrogens with zero attached hydrogens (tertiary/aromatic N) is 3. The number of aliphatic hydroxyl groups is 1. The Morgan fingerprint density at radius 3 is 2.72 bits per heavy atom. The van der Waals surface area contributed by atoms with Crippen LogP contribution < -0.4 is 10.6 Å². The zero-order chi connectivity index (χ0) is 23.6. The Balaban J connectivity index is 2.01. The summed E-state index contributed by atoms with van der Waals surface area (Å²) >= 11 is 6.09. The van der Waals surface area contributed by atoms with Gasteiger partial charge < -0.3 is 20.6 Å². The maximum Gasteiger partial charge on any atom is 0.343 e. The van der Waals surface area contributed by atoms with Crippen LogP contribution in [0.5, 0.6) is 0 Å². The summed E-state index contributed by atoms with van der Waals surface area (Å²) in [6, 6.07) is 2.79. The molecule has 1 unspecified atom stereocenters. The molecule has 2 amide bonds. The molecular formula is C22H29ClFN5O3. The topological polar surface area (TPSA) is 99.5 Å². The molecule has 3 rings (SSSR count). The number of aliphatic hydroxyl groups excluding tert-OH is 1. The van der Waals surface area contributed by atoms with Crippen molar-refractivity contribution < 1.29 is 19.1 Å². The SMILES string of the molecule is CN1CCc2c(-c3cc(Cl)ccc3F)nn(C(=O)NC(C(=O)NCCO)C(C)(C)C)c2C1. The van der Waals surface area contributed by atoms with Crippen molar-refractivity contribution in [3.05, 3.63) is 40.3 Å². The lowest BCUT2D eigenvalue weighted by molar-refractivity contribution is -0.125. The molecule has 2 heterocycles. The second-order valence-electron chi connectivity index (χ2n) is 9.06. The molecule has 0 bridgehead atoms. The van der Waals surface area contributed by atoms with E-state index in [0.29, 0.717) is 29.4 Å². The van der Waals surface area contributed by atoms with E-state index in [9.17, 15) is 14.0 Å². The molecule has 1 atom stereocenters. The molecule has 174 valence electrons. The molecule has 10 heteroatoms. The normalized spacial score (nSPS) is 15.2. The number of likely N-dealkylation sites (N-methyl/N-ethyl adjacent to an activating group) is 1. The highest BCUT2D eigenvalue weighted by atomic mass is 35.5. The van der Waals surface area contributed by atoms with Crippen LogP contribution in [0.15, 0.2) is 18.2 Å². The van der Waals surface area contributed by atoms with Crippen LogP contribution in [-0.4, -0.2) is 64.5 Å². The molecule has 8 nitrogen and oxygen atoms in total. The molecule has 0 radical (unpaired) electrons. The number of fused-ring (bicyclic) bond motifs is 1. The number of nitrogens with one attached hydrogen (secondary N) is 2. The Morgan fingerprint density at radius 1 is 1.34 bits per heavy atom. The van der Waals surface area contributed by atoms with Crippen molar-refractivity contribution in [1.82, 2.24) is 25.3 Å². The molecule has 2 aromatic rings. The second kappa shape index (κ2) is 9.56. The van der Waals surface area contributed by atoms with Gasteiger partial charge in [-0.05, 0) is 37.1 Å². The van der Waals surface area contributed by atoms with Gasteiger partial charge in [0.1, 0.15) is 11.9 Å². The van der Waals surface area contributed by atoms with Gasteiger partial charge in [0.25, 0.3) is 0 Å². The first-order chi connectivity index (χ1) is 15.0. The summed E-state index contributed by atoms with van der Waals surface area (Å²) in [5, 5.41) is 19.2. The first-order valence-corrected chi connectivity index (χ1v) is 10.8. The van der Waals surface area contributed by atoms with E-state index in [1.54, 1.807) is 0 Å². The van der Waals surface area contributed by atoms with Crippen molar-refractivity contribution >= 4 is 23.5 Å². The number of hydrogen-bond donors (Lipinski definition) is 3. The summed E-state index contributed by atoms with van der Waals surface area (Å²) in [6.07, 6.45) is 0.597. The number of halogens is 2. The van der Waals surface area contributed by atoms with Crippen LogP contribution in [0.1, 0.15) is 32.0 Å². The average molecular weight is 466 g/mol. The number of carbonyl (C=O) groups is 2. The third-order valence-corrected chi connectivity index (χ3v) is 5.67. The fraction of sp³-hybridized carbons (Fsp3) is 0.500. The minimum absolute atomic E-state index is 0.0848. The highest BCUT2D eigenvalue weighted by Crippen LogP contribution is 2.32. The highest BCUT2D eigenvalue weighted by Gasteiger charge is 2.35. The number of hydrogen-bond acceptors (Lipinski definition) is 5. The second-order valence-corrected chi connectivity index (χ2v) is 9.50. The summed E-state index contributed by atoms with van der Waals surface area (Å²) in [7, 11) is 1.93. The number of benzene rings is 1. The molecule has 1 aliphatic heterocycles. The lowest BCUT2D eigenvalue weighted by Gasteiger charge is -2.30. The Morgan fingerprint density at radius 2 is 2.06 bits per heavy atom. The minimum atomic E-state index is -0.867. The average Bonchev–Trinajstić information content (AvgIpc) is 3.09. The third-order valence-electron chi connectivity index (χ3n) is 5.44. The molecule has 0 aliphatic carbocycles. The van der Waals surface area contributed by atoms with Gasteiger partial charge in [0.05, 0.1) is 18.0 Å². The lowest BCUT2D eigenvalue weighted by atomic mass is 9.86. The van der Waals surface area contributed by atoms with Gasteiger partial charge in [-0.15, -0.1) is 0 Å². The van der Waals surface area contributed by atoms with Crippen LogP contribution in [0.3, 0.4) is 0 Å². The van der Waals surface area contributed by atoms with Crippen LogP contribution in [0.4, 0.5) is 9.18 Å². The maximum absolute atomic E-state index is 14.6. The predicted molar refractivity (Wildman–Crippen MR) is 120 cm³/mol. The van der Waals surface area contributed by atoms with E-state index < -0.39 is 29.2 Å². The van der Waals surface area contributed by atoms with Gasteiger partial charge in [-0.1, -0.05) is 32.4 Å². The van der Waals surface area contributed by atoms with Crippen LogP contribution in [0.2, 0.25) is 5.02 Å². The van der Waals surface area contributed by atoms with Crippen molar-refractivity contribution in [3.63, 3.8) is 0 Å². The predicted octanol–water partition coefficient (Wildman–Crippen LogP) is 2.41. The van der Waals surface area contributed by atoms with Gasteiger partial charge in [-0.3, -0.25) is 4.79 Å². The molecule has 32 heavy (non-hydrogen) atoms. The Labute approximate surface area is 191 Å². The van der Waals surface area contributed by atoms with Crippen LogP contribution >= 0.6 is 11.6 Å². The summed E-state index contributed by atoms with van der Waals surface area (Å²) in [5.41, 5.74) is 1.45. The van der Waals surface area contributed by atoms with E-state index in [-0.39, 0.29) is 18.7 Å². The minimum Gasteiger partial charge on any atom is -0.395 e. The van der Waals surface area contributed by atoms with E-state index in [4.69, 9.17) is 16.7 Å². The van der Waals surface area contributed by atoms with Crippen molar-refractivity contribution in [2.45, 2.75) is 39.8 Å². The van der Waals surface area contributed by atoms with Crippen molar-refractivity contribution in [2.24, 2.45) is 5.41 Å². The summed E-state index contributed by atoms with van der Waals surface area (Å²) in [5.74, 6) is -0.878. The van der Waals surface area contributed by atoms with E-state index in [2.05, 4.69) is 15.7 Å².